The highest BCUT2D eigenvalue weighted by atomic mass is 35.5. The first-order valence-corrected chi connectivity index (χ1v) is 7.85. The van der Waals surface area contributed by atoms with E-state index in [4.69, 9.17) is 0 Å². The van der Waals surface area contributed by atoms with Gasteiger partial charge in [0.05, 0.1) is 0 Å². The molecular weight excluding hydrogens is 274 g/mol. The van der Waals surface area contributed by atoms with E-state index in [9.17, 15) is 4.79 Å². The average molecular weight is 304 g/mol. The number of halogens is 1. The van der Waals surface area contributed by atoms with Gasteiger partial charge in [0, 0.05) is 18.5 Å². The molecule has 1 amide bonds. The molecule has 0 aromatic heterocycles. The van der Waals surface area contributed by atoms with Crippen molar-refractivity contribution in [1.82, 2.24) is 15.5 Å². The maximum Gasteiger partial charge on any atom is 0.223 e. The Kier molecular flexibility index (Phi) is 7.85. The van der Waals surface area contributed by atoms with E-state index in [1.165, 1.54) is 25.9 Å². The first kappa shape index (κ1) is 17.7. The van der Waals surface area contributed by atoms with Crippen molar-refractivity contribution < 1.29 is 4.79 Å². The van der Waals surface area contributed by atoms with Crippen molar-refractivity contribution in [3.8, 4) is 0 Å². The molecule has 2 fully saturated rings. The van der Waals surface area contributed by atoms with Crippen molar-refractivity contribution in [3.05, 3.63) is 0 Å². The summed E-state index contributed by atoms with van der Waals surface area (Å²) in [4.78, 5) is 14.5. The van der Waals surface area contributed by atoms with Crippen LogP contribution in [-0.4, -0.2) is 50.1 Å². The quantitative estimate of drug-likeness (QED) is 0.830. The van der Waals surface area contributed by atoms with E-state index in [1.807, 2.05) is 0 Å². The molecule has 0 unspecified atom stereocenters. The Morgan fingerprint density at radius 2 is 2.00 bits per heavy atom. The van der Waals surface area contributed by atoms with Crippen LogP contribution in [0.2, 0.25) is 0 Å². The Morgan fingerprint density at radius 1 is 1.30 bits per heavy atom. The minimum absolute atomic E-state index is 0. The predicted octanol–water partition coefficient (Wildman–Crippen LogP) is 1.64. The first-order valence-electron chi connectivity index (χ1n) is 7.85. The van der Waals surface area contributed by atoms with E-state index in [0.717, 1.165) is 38.3 Å². The first-order chi connectivity index (χ1) is 9.15. The van der Waals surface area contributed by atoms with Crippen LogP contribution in [0.25, 0.3) is 0 Å². The summed E-state index contributed by atoms with van der Waals surface area (Å²) in [6, 6.07) is 0.485. The van der Waals surface area contributed by atoms with Crippen LogP contribution in [0.15, 0.2) is 0 Å². The molecule has 118 valence electrons. The second-order valence-corrected chi connectivity index (χ2v) is 6.40. The fourth-order valence-corrected chi connectivity index (χ4v) is 3.26. The van der Waals surface area contributed by atoms with E-state index in [2.05, 4.69) is 29.5 Å². The SMILES string of the molecule is C[C@H]1C[C@@H](C(=O)NCCC2CCN(C)CC2)CCN1.Cl. The van der Waals surface area contributed by atoms with E-state index < -0.39 is 0 Å². The molecule has 2 atom stereocenters. The molecule has 0 aromatic rings. The number of piperidine rings is 2. The van der Waals surface area contributed by atoms with Crippen LogP contribution < -0.4 is 10.6 Å². The highest BCUT2D eigenvalue weighted by molar-refractivity contribution is 5.85. The van der Waals surface area contributed by atoms with Gasteiger partial charge < -0.3 is 15.5 Å². The summed E-state index contributed by atoms with van der Waals surface area (Å²) in [5.41, 5.74) is 0. The molecule has 2 N–H and O–H groups in total. The van der Waals surface area contributed by atoms with Gasteiger partial charge in [-0.15, -0.1) is 12.4 Å². The number of carbonyl (C=O) groups is 1. The van der Waals surface area contributed by atoms with Crippen molar-refractivity contribution in [1.29, 1.82) is 0 Å². The molecule has 2 rings (SSSR count). The number of nitrogens with zero attached hydrogens (tertiary/aromatic N) is 1. The highest BCUT2D eigenvalue weighted by Crippen LogP contribution is 2.19. The molecule has 2 heterocycles. The average Bonchev–Trinajstić information content (AvgIpc) is 2.41. The molecule has 2 aliphatic heterocycles. The maximum atomic E-state index is 12.1. The fraction of sp³-hybridized carbons (Fsp3) is 0.933. The third-order valence-corrected chi connectivity index (χ3v) is 4.68. The lowest BCUT2D eigenvalue weighted by Crippen LogP contribution is -2.43. The molecule has 5 heteroatoms. The molecule has 20 heavy (non-hydrogen) atoms. The summed E-state index contributed by atoms with van der Waals surface area (Å²) >= 11 is 0. The Labute approximate surface area is 129 Å². The van der Waals surface area contributed by atoms with Gasteiger partial charge in [-0.05, 0) is 71.6 Å². The van der Waals surface area contributed by atoms with Gasteiger partial charge in [0.25, 0.3) is 0 Å². The van der Waals surface area contributed by atoms with E-state index in [1.54, 1.807) is 0 Å². The summed E-state index contributed by atoms with van der Waals surface area (Å²) in [5.74, 6) is 1.32. The van der Waals surface area contributed by atoms with Crippen molar-refractivity contribution >= 4 is 18.3 Å². The van der Waals surface area contributed by atoms with Crippen LogP contribution in [0.1, 0.15) is 39.0 Å². The minimum Gasteiger partial charge on any atom is -0.356 e. The van der Waals surface area contributed by atoms with Crippen LogP contribution in [0.3, 0.4) is 0 Å². The fourth-order valence-electron chi connectivity index (χ4n) is 3.26. The van der Waals surface area contributed by atoms with Gasteiger partial charge >= 0.3 is 0 Å². The van der Waals surface area contributed by atoms with Crippen LogP contribution in [-0.2, 0) is 4.79 Å². The molecule has 4 nitrogen and oxygen atoms in total. The standard InChI is InChI=1S/C15H29N3O.ClH/c1-12-11-14(4-8-16-12)15(19)17-7-3-13-5-9-18(2)10-6-13;/h12-14,16H,3-11H2,1-2H3,(H,17,19);1H/t12-,14-;/m0./s1. The van der Waals surface area contributed by atoms with E-state index in [0.29, 0.717) is 6.04 Å². The third-order valence-electron chi connectivity index (χ3n) is 4.68. The summed E-state index contributed by atoms with van der Waals surface area (Å²) in [5, 5.41) is 6.55. The Balaban J connectivity index is 0.00000200. The lowest BCUT2D eigenvalue weighted by atomic mass is 9.91. The summed E-state index contributed by atoms with van der Waals surface area (Å²) in [6.45, 7) is 6.44. The van der Waals surface area contributed by atoms with Gasteiger partial charge in [0.2, 0.25) is 5.91 Å². The van der Waals surface area contributed by atoms with Gasteiger partial charge in [0.15, 0.2) is 0 Å². The number of amides is 1. The Morgan fingerprint density at radius 3 is 2.65 bits per heavy atom. The van der Waals surface area contributed by atoms with Crippen LogP contribution in [0.4, 0.5) is 0 Å². The van der Waals surface area contributed by atoms with E-state index >= 15 is 0 Å². The Bertz CT molecular complexity index is 293. The van der Waals surface area contributed by atoms with Gasteiger partial charge in [-0.25, -0.2) is 0 Å². The molecule has 2 aliphatic rings. The summed E-state index contributed by atoms with van der Waals surface area (Å²) in [7, 11) is 2.19. The number of carbonyl (C=O) groups excluding carboxylic acids is 1. The molecule has 0 aromatic carbocycles. The molecule has 0 bridgehead atoms. The molecule has 0 radical (unpaired) electrons. The lowest BCUT2D eigenvalue weighted by molar-refractivity contribution is -0.126. The normalized spacial score (nSPS) is 28.7. The lowest BCUT2D eigenvalue weighted by Gasteiger charge is -2.29. The van der Waals surface area contributed by atoms with Crippen molar-refractivity contribution in [2.45, 2.75) is 45.1 Å². The smallest absolute Gasteiger partial charge is 0.223 e. The second-order valence-electron chi connectivity index (χ2n) is 6.40. The zero-order chi connectivity index (χ0) is 13.7. The van der Waals surface area contributed by atoms with Gasteiger partial charge in [-0.1, -0.05) is 0 Å². The summed E-state index contributed by atoms with van der Waals surface area (Å²) in [6.07, 6.45) is 5.71. The number of likely N-dealkylation sites (tertiary alicyclic amines) is 1. The molecule has 2 saturated heterocycles. The zero-order valence-corrected chi connectivity index (χ0v) is 13.7. The maximum absolute atomic E-state index is 12.1. The van der Waals surface area contributed by atoms with Gasteiger partial charge in [-0.3, -0.25) is 4.79 Å². The van der Waals surface area contributed by atoms with Gasteiger partial charge in [-0.2, -0.15) is 0 Å². The van der Waals surface area contributed by atoms with E-state index in [-0.39, 0.29) is 24.2 Å². The predicted molar refractivity (Wildman–Crippen MR) is 85.3 cm³/mol. The van der Waals surface area contributed by atoms with Crippen LogP contribution in [0, 0.1) is 11.8 Å². The number of hydrogen-bond donors (Lipinski definition) is 2. The molecular formula is C15H30ClN3O. The van der Waals surface area contributed by atoms with Crippen molar-refractivity contribution in [2.24, 2.45) is 11.8 Å². The molecule has 0 aliphatic carbocycles. The van der Waals surface area contributed by atoms with Crippen molar-refractivity contribution in [3.63, 3.8) is 0 Å². The number of rotatable bonds is 4. The summed E-state index contributed by atoms with van der Waals surface area (Å²) < 4.78 is 0. The van der Waals surface area contributed by atoms with Crippen molar-refractivity contribution in [2.75, 3.05) is 33.2 Å². The van der Waals surface area contributed by atoms with Gasteiger partial charge in [0.1, 0.15) is 0 Å². The van der Waals surface area contributed by atoms with Crippen LogP contribution >= 0.6 is 12.4 Å². The highest BCUT2D eigenvalue weighted by Gasteiger charge is 2.24. The second kappa shape index (κ2) is 8.85. The topological polar surface area (TPSA) is 44.4 Å². The third kappa shape index (κ3) is 5.58. The zero-order valence-electron chi connectivity index (χ0n) is 12.9. The molecule has 0 spiro atoms. The van der Waals surface area contributed by atoms with Crippen LogP contribution in [0.5, 0.6) is 0 Å². The monoisotopic (exact) mass is 303 g/mol. The Hall–Kier alpha value is -0.320. The largest absolute Gasteiger partial charge is 0.356 e. The number of hydrogen-bond acceptors (Lipinski definition) is 3. The number of nitrogens with one attached hydrogen (secondary N) is 2. The molecule has 0 saturated carbocycles. The minimum atomic E-state index is 0.